The number of ether oxygens (including phenoxy) is 1. The van der Waals surface area contributed by atoms with Gasteiger partial charge in [0, 0.05) is 0 Å². The van der Waals surface area contributed by atoms with Gasteiger partial charge in [0.15, 0.2) is 6.54 Å². The molecule has 2 atom stereocenters. The maximum absolute atomic E-state index is 12.0. The van der Waals surface area contributed by atoms with Crippen LogP contribution in [0, 0.1) is 5.92 Å². The van der Waals surface area contributed by atoms with E-state index >= 15 is 0 Å². The Hall–Kier alpha value is -2.35. The van der Waals surface area contributed by atoms with Gasteiger partial charge in [-0.3, -0.25) is 14.9 Å². The van der Waals surface area contributed by atoms with E-state index in [0.717, 1.165) is 24.3 Å². The molecular weight excluding hydrogens is 314 g/mol. The highest BCUT2D eigenvalue weighted by atomic mass is 16.5. The summed E-state index contributed by atoms with van der Waals surface area (Å²) in [5.41, 5.74) is 0. The molecule has 0 bridgehead atoms. The minimum absolute atomic E-state index is 0.157. The summed E-state index contributed by atoms with van der Waals surface area (Å²) in [5, 5.41) is 4.84. The predicted molar refractivity (Wildman–Crippen MR) is 84.0 cm³/mol. The Kier molecular flexibility index (Phi) is 6.80. The summed E-state index contributed by atoms with van der Waals surface area (Å²) in [6, 6.07) is 2.89. The second-order valence-electron chi connectivity index (χ2n) is 5.78. The molecule has 1 unspecified atom stereocenters. The number of hydrogen-bond donors (Lipinski definition) is 3. The van der Waals surface area contributed by atoms with E-state index in [1.54, 1.807) is 19.1 Å². The van der Waals surface area contributed by atoms with E-state index < -0.39 is 6.03 Å². The van der Waals surface area contributed by atoms with Gasteiger partial charge in [-0.1, -0.05) is 0 Å². The molecule has 8 nitrogen and oxygen atoms in total. The molecule has 3 amide bonds. The second-order valence-corrected chi connectivity index (χ2v) is 5.78. The summed E-state index contributed by atoms with van der Waals surface area (Å²) in [7, 11) is 0. The van der Waals surface area contributed by atoms with Gasteiger partial charge >= 0.3 is 12.0 Å². The van der Waals surface area contributed by atoms with Crippen molar-refractivity contribution in [3.63, 3.8) is 0 Å². The maximum Gasteiger partial charge on any atom is 0.321 e. The lowest BCUT2D eigenvalue weighted by molar-refractivity contribution is -0.899. The Labute approximate surface area is 140 Å². The molecule has 2 heterocycles. The number of hydrogen-bond acceptors (Lipinski definition) is 5. The lowest BCUT2D eigenvalue weighted by Crippen LogP contribution is -3.14. The Morgan fingerprint density at radius 2 is 2.25 bits per heavy atom. The Bertz CT molecular complexity index is 558. The smallest absolute Gasteiger partial charge is 0.321 e. The molecule has 24 heavy (non-hydrogen) atoms. The van der Waals surface area contributed by atoms with Crippen molar-refractivity contribution < 1.29 is 28.4 Å². The third-order valence-corrected chi connectivity index (χ3v) is 3.90. The third-order valence-electron chi connectivity index (χ3n) is 3.90. The van der Waals surface area contributed by atoms with E-state index in [0.29, 0.717) is 18.9 Å². The quantitative estimate of drug-likeness (QED) is 0.605. The first-order chi connectivity index (χ1) is 11.6. The minimum atomic E-state index is -0.560. The minimum Gasteiger partial charge on any atom is -0.467 e. The van der Waals surface area contributed by atoms with Crippen LogP contribution in [0.5, 0.6) is 0 Å². The van der Waals surface area contributed by atoms with Crippen LogP contribution in [0.2, 0.25) is 0 Å². The van der Waals surface area contributed by atoms with Crippen LogP contribution in [0.15, 0.2) is 22.8 Å². The van der Waals surface area contributed by atoms with Gasteiger partial charge < -0.3 is 19.4 Å². The molecule has 1 aromatic heterocycles. The topological polar surface area (TPSA) is 102 Å². The van der Waals surface area contributed by atoms with Crippen molar-refractivity contribution in [2.24, 2.45) is 5.92 Å². The van der Waals surface area contributed by atoms with Gasteiger partial charge in [0.05, 0.1) is 32.5 Å². The van der Waals surface area contributed by atoms with Crippen LogP contribution in [0.3, 0.4) is 0 Å². The number of quaternary nitrogens is 1. The summed E-state index contributed by atoms with van der Waals surface area (Å²) in [4.78, 5) is 36.4. The number of carbonyl (C=O) groups is 3. The average Bonchev–Trinajstić information content (AvgIpc) is 3.07. The lowest BCUT2D eigenvalue weighted by Gasteiger charge is -2.28. The first-order valence-electron chi connectivity index (χ1n) is 8.18. The van der Waals surface area contributed by atoms with Crippen molar-refractivity contribution in [3.05, 3.63) is 24.2 Å². The number of imide groups is 1. The van der Waals surface area contributed by atoms with Crippen LogP contribution in [-0.4, -0.2) is 44.1 Å². The number of carbonyl (C=O) groups excluding carboxylic acids is 3. The van der Waals surface area contributed by atoms with Gasteiger partial charge in [0.2, 0.25) is 0 Å². The van der Waals surface area contributed by atoms with E-state index in [4.69, 9.17) is 9.15 Å². The van der Waals surface area contributed by atoms with Gasteiger partial charge in [0.1, 0.15) is 11.7 Å². The van der Waals surface area contributed by atoms with E-state index in [1.807, 2.05) is 0 Å². The van der Waals surface area contributed by atoms with Crippen molar-refractivity contribution in [2.45, 2.75) is 26.3 Å². The van der Waals surface area contributed by atoms with Gasteiger partial charge in [0.25, 0.3) is 5.91 Å². The molecule has 0 saturated carbocycles. The summed E-state index contributed by atoms with van der Waals surface area (Å²) in [6.45, 7) is 3.87. The highest BCUT2D eigenvalue weighted by Crippen LogP contribution is 2.09. The van der Waals surface area contributed by atoms with Crippen molar-refractivity contribution in [1.29, 1.82) is 0 Å². The molecule has 1 aliphatic rings. The zero-order valence-electron chi connectivity index (χ0n) is 13.8. The standard InChI is InChI=1S/C16H23N3O5/c1-2-23-15(21)12-5-3-7-19(10-12)11-14(20)18-16(22)17-9-13-6-4-8-24-13/h4,6,8,12H,2-3,5,7,9-11H2,1H3,(H2,17,18,20,22)/p+1/t12-/m0/s1. The highest BCUT2D eigenvalue weighted by Gasteiger charge is 2.30. The van der Waals surface area contributed by atoms with Crippen LogP contribution in [0.4, 0.5) is 4.79 Å². The Morgan fingerprint density at radius 1 is 1.42 bits per heavy atom. The number of nitrogens with one attached hydrogen (secondary N) is 3. The molecule has 2 rings (SSSR count). The van der Waals surface area contributed by atoms with Crippen LogP contribution in [-0.2, 0) is 20.9 Å². The molecule has 0 radical (unpaired) electrons. The number of furan rings is 1. The second kappa shape index (κ2) is 9.07. The maximum atomic E-state index is 12.0. The Morgan fingerprint density at radius 3 is 2.96 bits per heavy atom. The van der Waals surface area contributed by atoms with E-state index in [1.165, 1.54) is 6.26 Å². The van der Waals surface area contributed by atoms with Crippen molar-refractivity contribution in [1.82, 2.24) is 10.6 Å². The van der Waals surface area contributed by atoms with Crippen LogP contribution in [0.1, 0.15) is 25.5 Å². The van der Waals surface area contributed by atoms with Crippen LogP contribution in [0.25, 0.3) is 0 Å². The molecule has 0 spiro atoms. The molecule has 8 heteroatoms. The Balaban J connectivity index is 1.71. The van der Waals surface area contributed by atoms with Crippen LogP contribution >= 0.6 is 0 Å². The first-order valence-corrected chi connectivity index (χ1v) is 8.18. The van der Waals surface area contributed by atoms with Crippen molar-refractivity contribution in [2.75, 3.05) is 26.2 Å². The molecule has 132 valence electrons. The molecule has 0 aliphatic carbocycles. The first kappa shape index (κ1) is 18.0. The molecule has 3 N–H and O–H groups in total. The van der Waals surface area contributed by atoms with E-state index in [2.05, 4.69) is 10.6 Å². The van der Waals surface area contributed by atoms with Gasteiger partial charge in [-0.25, -0.2) is 4.79 Å². The summed E-state index contributed by atoms with van der Waals surface area (Å²) in [6.07, 6.45) is 3.16. The van der Waals surface area contributed by atoms with Crippen molar-refractivity contribution >= 4 is 17.9 Å². The number of rotatable bonds is 6. The van der Waals surface area contributed by atoms with E-state index in [9.17, 15) is 14.4 Å². The van der Waals surface area contributed by atoms with Gasteiger partial charge in [-0.2, -0.15) is 0 Å². The number of urea groups is 1. The molecule has 1 fully saturated rings. The van der Waals surface area contributed by atoms with E-state index in [-0.39, 0.29) is 30.9 Å². The lowest BCUT2D eigenvalue weighted by atomic mass is 9.98. The number of esters is 1. The van der Waals surface area contributed by atoms with Crippen molar-refractivity contribution in [3.8, 4) is 0 Å². The fourth-order valence-corrected chi connectivity index (χ4v) is 2.80. The normalized spacial score (nSPS) is 20.2. The number of likely N-dealkylation sites (tertiary alicyclic amines) is 1. The van der Waals surface area contributed by atoms with Crippen LogP contribution < -0.4 is 15.5 Å². The monoisotopic (exact) mass is 338 g/mol. The molecular formula is C16H24N3O5+. The summed E-state index contributed by atoms with van der Waals surface area (Å²) in [5.74, 6) is -0.136. The summed E-state index contributed by atoms with van der Waals surface area (Å²) >= 11 is 0. The SMILES string of the molecule is CCOC(=O)[C@H]1CCC[NH+](CC(=O)NC(=O)NCc2ccco2)C1. The number of amides is 3. The molecule has 1 aliphatic heterocycles. The highest BCUT2D eigenvalue weighted by molar-refractivity contribution is 5.94. The van der Waals surface area contributed by atoms with Gasteiger partial charge in [-0.05, 0) is 31.9 Å². The number of piperidine rings is 1. The fourth-order valence-electron chi connectivity index (χ4n) is 2.80. The molecule has 0 aromatic carbocycles. The predicted octanol–water partition coefficient (Wildman–Crippen LogP) is -0.537. The zero-order chi connectivity index (χ0) is 17.4. The largest absolute Gasteiger partial charge is 0.467 e. The average molecular weight is 338 g/mol. The van der Waals surface area contributed by atoms with Gasteiger partial charge in [-0.15, -0.1) is 0 Å². The summed E-state index contributed by atoms with van der Waals surface area (Å²) < 4.78 is 10.1. The zero-order valence-corrected chi connectivity index (χ0v) is 13.8. The fraction of sp³-hybridized carbons (Fsp3) is 0.562. The molecule has 1 aromatic rings. The third kappa shape index (κ3) is 5.69. The molecule has 1 saturated heterocycles.